The van der Waals surface area contributed by atoms with Crippen LogP contribution in [-0.2, 0) is 4.79 Å². The smallest absolute Gasteiger partial charge is 0.293 e. The van der Waals surface area contributed by atoms with Crippen molar-refractivity contribution in [1.29, 1.82) is 0 Å². The largest absolute Gasteiger partial charge is 0.504 e. The van der Waals surface area contributed by atoms with Crippen LogP contribution in [0.3, 0.4) is 0 Å². The van der Waals surface area contributed by atoms with E-state index in [2.05, 4.69) is 0 Å². The van der Waals surface area contributed by atoms with Crippen molar-refractivity contribution < 1.29 is 19.4 Å². The van der Waals surface area contributed by atoms with Gasteiger partial charge in [0.05, 0.1) is 12.0 Å². The Morgan fingerprint density at radius 2 is 2.16 bits per heavy atom. The van der Waals surface area contributed by atoms with E-state index in [9.17, 15) is 14.7 Å². The highest BCUT2D eigenvalue weighted by atomic mass is 32.2. The van der Waals surface area contributed by atoms with Gasteiger partial charge in [-0.15, -0.1) is 0 Å². The first kappa shape index (κ1) is 13.5. The molecule has 0 spiro atoms. The molecule has 100 valence electrons. The molecule has 19 heavy (non-hydrogen) atoms. The fraction of sp³-hybridized carbons (Fsp3) is 0.231. The zero-order valence-electron chi connectivity index (χ0n) is 10.5. The van der Waals surface area contributed by atoms with E-state index in [1.165, 1.54) is 18.1 Å². The minimum Gasteiger partial charge on any atom is -0.504 e. The van der Waals surface area contributed by atoms with Crippen LogP contribution in [0.5, 0.6) is 11.5 Å². The summed E-state index contributed by atoms with van der Waals surface area (Å²) in [6.07, 6.45) is 1.61. The summed E-state index contributed by atoms with van der Waals surface area (Å²) in [4.78, 5) is 25.0. The fourth-order valence-electron chi connectivity index (χ4n) is 1.71. The topological polar surface area (TPSA) is 66.8 Å². The van der Waals surface area contributed by atoms with Gasteiger partial charge in [0.2, 0.25) is 0 Å². The Bertz CT molecular complexity index is 568. The fourth-order valence-corrected chi connectivity index (χ4v) is 2.61. The van der Waals surface area contributed by atoms with Crippen LogP contribution in [0.25, 0.3) is 6.08 Å². The van der Waals surface area contributed by atoms with Gasteiger partial charge in [-0.1, -0.05) is 6.07 Å². The molecule has 0 unspecified atom stereocenters. The molecule has 1 N–H and O–H groups in total. The Labute approximate surface area is 114 Å². The lowest BCUT2D eigenvalue weighted by Gasteiger charge is -2.07. The summed E-state index contributed by atoms with van der Waals surface area (Å²) in [5.74, 6) is 0.0642. The second kappa shape index (κ2) is 5.36. The maximum atomic E-state index is 11.9. The lowest BCUT2D eigenvalue weighted by Crippen LogP contribution is -2.27. The zero-order valence-corrected chi connectivity index (χ0v) is 11.4. The normalized spacial score (nSPS) is 17.4. The van der Waals surface area contributed by atoms with E-state index in [-0.39, 0.29) is 16.9 Å². The van der Waals surface area contributed by atoms with Gasteiger partial charge in [-0.3, -0.25) is 14.5 Å². The number of carbonyl (C=O) groups is 2. The van der Waals surface area contributed by atoms with E-state index in [0.29, 0.717) is 22.8 Å². The molecule has 2 amide bonds. The number of hydrogen-bond acceptors (Lipinski definition) is 5. The number of aromatic hydroxyl groups is 1. The summed E-state index contributed by atoms with van der Waals surface area (Å²) < 4.78 is 4.99. The third kappa shape index (κ3) is 2.58. The van der Waals surface area contributed by atoms with E-state index >= 15 is 0 Å². The zero-order chi connectivity index (χ0) is 14.0. The number of nitrogens with zero attached hydrogens (tertiary/aromatic N) is 1. The predicted octanol–water partition coefficient (Wildman–Crippen LogP) is 2.46. The number of benzene rings is 1. The highest BCUT2D eigenvalue weighted by Crippen LogP contribution is 2.33. The lowest BCUT2D eigenvalue weighted by atomic mass is 10.2. The number of rotatable bonds is 3. The highest BCUT2D eigenvalue weighted by Gasteiger charge is 2.33. The van der Waals surface area contributed by atoms with Gasteiger partial charge < -0.3 is 9.84 Å². The van der Waals surface area contributed by atoms with Crippen molar-refractivity contribution in [3.8, 4) is 11.5 Å². The van der Waals surface area contributed by atoms with Gasteiger partial charge in [-0.05, 0) is 42.5 Å². The number of phenols is 1. The molecule has 0 aliphatic carbocycles. The molecule has 0 radical (unpaired) electrons. The van der Waals surface area contributed by atoms with Crippen LogP contribution in [0, 0.1) is 0 Å². The van der Waals surface area contributed by atoms with Crippen LogP contribution < -0.4 is 4.74 Å². The quantitative estimate of drug-likeness (QED) is 0.861. The molecule has 1 aliphatic heterocycles. The minimum absolute atomic E-state index is 0.0290. The molecule has 1 aromatic rings. The van der Waals surface area contributed by atoms with Gasteiger partial charge in [0, 0.05) is 6.54 Å². The van der Waals surface area contributed by atoms with Crippen LogP contribution >= 0.6 is 11.8 Å². The lowest BCUT2D eigenvalue weighted by molar-refractivity contribution is -0.122. The summed E-state index contributed by atoms with van der Waals surface area (Å²) in [5.41, 5.74) is 0.691. The van der Waals surface area contributed by atoms with Crippen LogP contribution in [0.1, 0.15) is 12.5 Å². The van der Waals surface area contributed by atoms with E-state index in [1.54, 1.807) is 25.1 Å². The van der Waals surface area contributed by atoms with Crippen molar-refractivity contribution in [3.05, 3.63) is 28.7 Å². The predicted molar refractivity (Wildman–Crippen MR) is 73.0 cm³/mol. The maximum Gasteiger partial charge on any atom is 0.293 e. The maximum absolute atomic E-state index is 11.9. The summed E-state index contributed by atoms with van der Waals surface area (Å²) in [6, 6.07) is 4.74. The third-order valence-electron chi connectivity index (χ3n) is 2.69. The molecule has 0 atom stereocenters. The Balaban J connectivity index is 2.32. The van der Waals surface area contributed by atoms with Gasteiger partial charge in [-0.2, -0.15) is 0 Å². The number of hydrogen-bond donors (Lipinski definition) is 1. The number of carbonyl (C=O) groups excluding carboxylic acids is 2. The molecule has 0 saturated carbocycles. The molecule has 1 heterocycles. The number of thioether (sulfide) groups is 1. The number of imide groups is 1. The van der Waals surface area contributed by atoms with E-state index in [0.717, 1.165) is 11.8 Å². The van der Waals surface area contributed by atoms with Crippen LogP contribution in [0.15, 0.2) is 23.1 Å². The van der Waals surface area contributed by atoms with Crippen LogP contribution in [-0.4, -0.2) is 34.8 Å². The van der Waals surface area contributed by atoms with Crippen molar-refractivity contribution in [1.82, 2.24) is 4.90 Å². The van der Waals surface area contributed by atoms with Gasteiger partial charge in [0.15, 0.2) is 11.5 Å². The first-order chi connectivity index (χ1) is 9.06. The molecule has 1 aliphatic rings. The average Bonchev–Trinajstić information content (AvgIpc) is 2.66. The third-order valence-corrected chi connectivity index (χ3v) is 3.60. The summed E-state index contributed by atoms with van der Waals surface area (Å²) >= 11 is 0.914. The average molecular weight is 279 g/mol. The molecule has 1 fully saturated rings. The standard InChI is InChI=1S/C13H13NO4S/c1-3-14-12(16)11(19-13(14)17)7-8-4-5-9(15)10(6-8)18-2/h4-7,15H,3H2,1-2H3. The second-order valence-electron chi connectivity index (χ2n) is 3.86. The molecule has 1 aromatic carbocycles. The molecular formula is C13H13NO4S. The minimum atomic E-state index is -0.287. The Hall–Kier alpha value is -1.95. The van der Waals surface area contributed by atoms with Crippen molar-refractivity contribution in [2.24, 2.45) is 0 Å². The number of phenolic OH excluding ortho intramolecular Hbond substituents is 1. The Morgan fingerprint density at radius 1 is 1.42 bits per heavy atom. The Kier molecular flexibility index (Phi) is 3.80. The molecular weight excluding hydrogens is 266 g/mol. The summed E-state index contributed by atoms with van der Waals surface area (Å²) in [6.45, 7) is 2.11. The molecule has 5 nitrogen and oxygen atoms in total. The van der Waals surface area contributed by atoms with Gasteiger partial charge >= 0.3 is 0 Å². The van der Waals surface area contributed by atoms with Crippen molar-refractivity contribution >= 4 is 29.0 Å². The summed E-state index contributed by atoms with van der Waals surface area (Å²) in [5, 5.41) is 9.23. The first-order valence-electron chi connectivity index (χ1n) is 5.69. The first-order valence-corrected chi connectivity index (χ1v) is 6.50. The van der Waals surface area contributed by atoms with Crippen LogP contribution in [0.4, 0.5) is 4.79 Å². The number of ether oxygens (including phenoxy) is 1. The van der Waals surface area contributed by atoms with Gasteiger partial charge in [0.25, 0.3) is 11.1 Å². The number of likely N-dealkylation sites (N-methyl/N-ethyl adjacent to an activating group) is 1. The van der Waals surface area contributed by atoms with E-state index in [4.69, 9.17) is 4.74 Å². The van der Waals surface area contributed by atoms with Crippen molar-refractivity contribution in [2.45, 2.75) is 6.92 Å². The molecule has 0 bridgehead atoms. The monoisotopic (exact) mass is 279 g/mol. The summed E-state index contributed by atoms with van der Waals surface area (Å²) in [7, 11) is 1.45. The van der Waals surface area contributed by atoms with E-state index < -0.39 is 0 Å². The van der Waals surface area contributed by atoms with E-state index in [1.807, 2.05) is 0 Å². The van der Waals surface area contributed by atoms with Crippen LogP contribution in [0.2, 0.25) is 0 Å². The highest BCUT2D eigenvalue weighted by molar-refractivity contribution is 8.18. The van der Waals surface area contributed by atoms with Gasteiger partial charge in [-0.25, -0.2) is 0 Å². The molecule has 0 aromatic heterocycles. The second-order valence-corrected chi connectivity index (χ2v) is 4.85. The number of methoxy groups -OCH3 is 1. The van der Waals surface area contributed by atoms with Crippen molar-refractivity contribution in [3.63, 3.8) is 0 Å². The van der Waals surface area contributed by atoms with Gasteiger partial charge in [0.1, 0.15) is 0 Å². The molecule has 6 heteroatoms. The molecule has 1 saturated heterocycles. The Morgan fingerprint density at radius 3 is 2.74 bits per heavy atom. The molecule has 2 rings (SSSR count). The van der Waals surface area contributed by atoms with Crippen molar-refractivity contribution in [2.75, 3.05) is 13.7 Å². The SMILES string of the molecule is CCN1C(=O)SC(=Cc2ccc(O)c(OC)c2)C1=O. The number of amides is 2.